The monoisotopic (exact) mass is 245 g/mol. The molecule has 1 amide bonds. The van der Waals surface area contributed by atoms with Crippen molar-refractivity contribution in [3.05, 3.63) is 35.4 Å². The molecule has 17 heavy (non-hydrogen) atoms. The molecule has 1 N–H and O–H groups in total. The van der Waals surface area contributed by atoms with Crippen LogP contribution in [0.4, 0.5) is 18.0 Å². The molecule has 3 nitrogen and oxygen atoms in total. The lowest BCUT2D eigenvalue weighted by Gasteiger charge is -2.24. The number of alkyl halides is 3. The third-order valence-electron chi connectivity index (χ3n) is 2.55. The molecule has 0 aliphatic carbocycles. The van der Waals surface area contributed by atoms with Gasteiger partial charge in [0.05, 0.1) is 18.2 Å². The van der Waals surface area contributed by atoms with Gasteiger partial charge in [-0.1, -0.05) is 12.1 Å². The summed E-state index contributed by atoms with van der Waals surface area (Å²) in [6, 6.07) is 4.53. The first kappa shape index (κ1) is 11.8. The minimum absolute atomic E-state index is 0.215. The molecule has 1 aromatic rings. The normalized spacial score (nSPS) is 20.6. The molecule has 1 aliphatic heterocycles. The number of benzene rings is 1. The number of nitrogens with one attached hydrogen (secondary N) is 1. The zero-order valence-corrected chi connectivity index (χ0v) is 8.75. The lowest BCUT2D eigenvalue weighted by Crippen LogP contribution is -2.35. The minimum Gasteiger partial charge on any atom is -0.449 e. The molecule has 2 rings (SSSR count). The molecule has 1 heterocycles. The Morgan fingerprint density at radius 1 is 1.35 bits per heavy atom. The molecule has 0 aromatic heterocycles. The van der Waals surface area contributed by atoms with Gasteiger partial charge in [0.15, 0.2) is 0 Å². The van der Waals surface area contributed by atoms with Gasteiger partial charge in [0.2, 0.25) is 0 Å². The van der Waals surface area contributed by atoms with E-state index in [1.165, 1.54) is 6.07 Å². The molecule has 0 saturated carbocycles. The Morgan fingerprint density at radius 3 is 2.76 bits per heavy atom. The van der Waals surface area contributed by atoms with E-state index in [4.69, 9.17) is 0 Å². The van der Waals surface area contributed by atoms with Gasteiger partial charge in [-0.3, -0.25) is 0 Å². The third-order valence-corrected chi connectivity index (χ3v) is 2.55. The molecule has 1 fully saturated rings. The quantitative estimate of drug-likeness (QED) is 0.826. The van der Waals surface area contributed by atoms with Crippen molar-refractivity contribution < 1.29 is 22.7 Å². The van der Waals surface area contributed by atoms with Gasteiger partial charge in [-0.2, -0.15) is 13.2 Å². The van der Waals surface area contributed by atoms with Crippen molar-refractivity contribution in [1.29, 1.82) is 0 Å². The molecule has 0 radical (unpaired) electrons. The number of alkyl carbamates (subject to hydrolysis) is 1. The lowest BCUT2D eigenvalue weighted by molar-refractivity contribution is -0.137. The number of hydrogen-bond donors (Lipinski definition) is 1. The highest BCUT2D eigenvalue weighted by atomic mass is 19.4. The van der Waals surface area contributed by atoms with Crippen molar-refractivity contribution in [2.24, 2.45) is 0 Å². The number of hydrogen-bond acceptors (Lipinski definition) is 2. The zero-order valence-electron chi connectivity index (χ0n) is 8.75. The zero-order chi connectivity index (χ0) is 12.5. The van der Waals surface area contributed by atoms with Gasteiger partial charge in [0.25, 0.3) is 0 Å². The first-order chi connectivity index (χ1) is 7.97. The van der Waals surface area contributed by atoms with Gasteiger partial charge < -0.3 is 10.1 Å². The van der Waals surface area contributed by atoms with Gasteiger partial charge in [0, 0.05) is 6.42 Å². The van der Waals surface area contributed by atoms with E-state index in [0.717, 1.165) is 12.1 Å². The molecular weight excluding hydrogens is 235 g/mol. The molecule has 1 aliphatic rings. The van der Waals surface area contributed by atoms with Crippen LogP contribution in [0.3, 0.4) is 0 Å². The SMILES string of the molecule is O=C1N[C@@H](c2cccc(C(F)(F)F)c2)CCO1. The highest BCUT2D eigenvalue weighted by molar-refractivity contribution is 5.68. The summed E-state index contributed by atoms with van der Waals surface area (Å²) >= 11 is 0. The summed E-state index contributed by atoms with van der Waals surface area (Å²) in [6.45, 7) is 0.215. The van der Waals surface area contributed by atoms with Crippen LogP contribution >= 0.6 is 0 Å². The van der Waals surface area contributed by atoms with Crippen LogP contribution in [0.25, 0.3) is 0 Å². The Kier molecular flexibility index (Phi) is 2.95. The number of carbonyl (C=O) groups excluding carboxylic acids is 1. The summed E-state index contributed by atoms with van der Waals surface area (Å²) in [7, 11) is 0. The second kappa shape index (κ2) is 4.27. The van der Waals surface area contributed by atoms with Gasteiger partial charge in [0.1, 0.15) is 0 Å². The average molecular weight is 245 g/mol. The summed E-state index contributed by atoms with van der Waals surface area (Å²) in [5.74, 6) is 0. The van der Waals surface area contributed by atoms with E-state index in [1.54, 1.807) is 6.07 Å². The maximum Gasteiger partial charge on any atom is 0.416 e. The van der Waals surface area contributed by atoms with Crippen molar-refractivity contribution in [1.82, 2.24) is 5.32 Å². The van der Waals surface area contributed by atoms with E-state index in [0.29, 0.717) is 12.0 Å². The Balaban J connectivity index is 2.24. The van der Waals surface area contributed by atoms with Crippen LogP contribution in [0.1, 0.15) is 23.6 Å². The van der Waals surface area contributed by atoms with Crippen molar-refractivity contribution in [2.45, 2.75) is 18.6 Å². The van der Waals surface area contributed by atoms with E-state index < -0.39 is 23.9 Å². The molecule has 0 unspecified atom stereocenters. The van der Waals surface area contributed by atoms with E-state index in [2.05, 4.69) is 10.1 Å². The molecule has 1 saturated heterocycles. The number of carbonyl (C=O) groups is 1. The van der Waals surface area contributed by atoms with Crippen molar-refractivity contribution in [2.75, 3.05) is 6.61 Å². The van der Waals surface area contributed by atoms with Crippen LogP contribution in [-0.4, -0.2) is 12.7 Å². The Morgan fingerprint density at radius 2 is 2.12 bits per heavy atom. The van der Waals surface area contributed by atoms with Gasteiger partial charge in [-0.05, 0) is 17.7 Å². The molecular formula is C11H10F3NO2. The van der Waals surface area contributed by atoms with E-state index in [1.807, 2.05) is 0 Å². The molecule has 1 atom stereocenters. The number of amides is 1. The van der Waals surface area contributed by atoms with Crippen LogP contribution in [0.2, 0.25) is 0 Å². The smallest absolute Gasteiger partial charge is 0.416 e. The van der Waals surface area contributed by atoms with Crippen molar-refractivity contribution in [3.63, 3.8) is 0 Å². The van der Waals surface area contributed by atoms with Crippen molar-refractivity contribution in [3.8, 4) is 0 Å². The Hall–Kier alpha value is -1.72. The molecule has 0 bridgehead atoms. The first-order valence-electron chi connectivity index (χ1n) is 5.07. The highest BCUT2D eigenvalue weighted by Crippen LogP contribution is 2.31. The van der Waals surface area contributed by atoms with Gasteiger partial charge in [-0.15, -0.1) is 0 Å². The molecule has 6 heteroatoms. The van der Waals surface area contributed by atoms with E-state index in [9.17, 15) is 18.0 Å². The fourth-order valence-corrected chi connectivity index (χ4v) is 1.71. The van der Waals surface area contributed by atoms with E-state index in [-0.39, 0.29) is 6.61 Å². The standard InChI is InChI=1S/C11H10F3NO2/c12-11(13,14)8-3-1-2-7(6-8)9-4-5-17-10(16)15-9/h1-3,6,9H,4-5H2,(H,15,16)/t9-/m1/s1. The number of halogens is 3. The van der Waals surface area contributed by atoms with E-state index >= 15 is 0 Å². The van der Waals surface area contributed by atoms with Crippen LogP contribution in [-0.2, 0) is 10.9 Å². The van der Waals surface area contributed by atoms with Crippen molar-refractivity contribution >= 4 is 6.09 Å². The van der Waals surface area contributed by atoms with Crippen LogP contribution in [0.15, 0.2) is 24.3 Å². The summed E-state index contributed by atoms with van der Waals surface area (Å²) in [5.41, 5.74) is -0.271. The maximum absolute atomic E-state index is 12.5. The van der Waals surface area contributed by atoms with Crippen LogP contribution in [0.5, 0.6) is 0 Å². The Labute approximate surface area is 95.6 Å². The highest BCUT2D eigenvalue weighted by Gasteiger charge is 2.31. The lowest BCUT2D eigenvalue weighted by atomic mass is 10.0. The molecule has 1 aromatic carbocycles. The number of rotatable bonds is 1. The minimum atomic E-state index is -4.37. The second-order valence-electron chi connectivity index (χ2n) is 3.74. The number of ether oxygens (including phenoxy) is 1. The summed E-state index contributed by atoms with van der Waals surface area (Å²) in [6.07, 6.45) is -4.50. The fraction of sp³-hybridized carbons (Fsp3) is 0.364. The largest absolute Gasteiger partial charge is 0.449 e. The predicted molar refractivity (Wildman–Crippen MR) is 53.3 cm³/mol. The van der Waals surface area contributed by atoms with Gasteiger partial charge in [-0.25, -0.2) is 4.79 Å². The summed E-state index contributed by atoms with van der Waals surface area (Å²) < 4.78 is 42.2. The van der Waals surface area contributed by atoms with Crippen LogP contribution < -0.4 is 5.32 Å². The first-order valence-corrected chi connectivity index (χ1v) is 5.07. The number of cyclic esters (lactones) is 1. The topological polar surface area (TPSA) is 38.3 Å². The fourth-order valence-electron chi connectivity index (χ4n) is 1.71. The third kappa shape index (κ3) is 2.69. The van der Waals surface area contributed by atoms with Crippen LogP contribution in [0, 0.1) is 0 Å². The summed E-state index contributed by atoms with van der Waals surface area (Å²) in [5, 5.41) is 2.48. The molecule has 92 valence electrons. The molecule has 0 spiro atoms. The maximum atomic E-state index is 12.5. The second-order valence-corrected chi connectivity index (χ2v) is 3.74. The Bertz CT molecular complexity index is 431. The summed E-state index contributed by atoms with van der Waals surface area (Å²) in [4.78, 5) is 11.0. The average Bonchev–Trinajstić information content (AvgIpc) is 2.28. The van der Waals surface area contributed by atoms with Gasteiger partial charge >= 0.3 is 12.3 Å². The predicted octanol–water partition coefficient (Wildman–Crippen LogP) is 2.88.